The lowest BCUT2D eigenvalue weighted by atomic mass is 10.1. The van der Waals surface area contributed by atoms with Crippen LogP contribution >= 0.6 is 0 Å². The average Bonchev–Trinajstić information content (AvgIpc) is 2.34. The molecule has 0 spiro atoms. The highest BCUT2D eigenvalue weighted by molar-refractivity contribution is 4.81. The third-order valence-electron chi connectivity index (χ3n) is 2.21. The maximum Gasteiger partial charge on any atom is 0.0925 e. The van der Waals surface area contributed by atoms with Gasteiger partial charge in [0.15, 0.2) is 0 Å². The Morgan fingerprint density at radius 2 is 2.40 bits per heavy atom. The molecule has 1 saturated heterocycles. The second kappa shape index (κ2) is 3.32. The summed E-state index contributed by atoms with van der Waals surface area (Å²) in [6.45, 7) is 0.927. The van der Waals surface area contributed by atoms with Crippen molar-refractivity contribution in [3.63, 3.8) is 0 Å². The summed E-state index contributed by atoms with van der Waals surface area (Å²) >= 11 is 0. The molecule has 1 fully saturated rings. The summed E-state index contributed by atoms with van der Waals surface area (Å²) in [7, 11) is 1.98. The van der Waals surface area contributed by atoms with Crippen LogP contribution in [0, 0.1) is 0 Å². The van der Waals surface area contributed by atoms with Crippen LogP contribution in [-0.2, 0) is 0 Å². The van der Waals surface area contributed by atoms with Crippen LogP contribution in [0.25, 0.3) is 0 Å². The molecule has 60 valence electrons. The summed E-state index contributed by atoms with van der Waals surface area (Å²) < 4.78 is 0. The van der Waals surface area contributed by atoms with Crippen molar-refractivity contribution in [1.82, 2.24) is 4.90 Å². The molecular weight excluding hydrogens is 130 g/mol. The molecule has 2 N–H and O–H groups in total. The Bertz CT molecular complexity index is 108. The summed E-state index contributed by atoms with van der Waals surface area (Å²) in [6.07, 6.45) is 1.60. The number of nitrogens with zero attached hydrogens (tertiary/aromatic N) is 1. The van der Waals surface area contributed by atoms with Gasteiger partial charge in [0.2, 0.25) is 0 Å². The molecule has 1 heterocycles. The van der Waals surface area contributed by atoms with E-state index >= 15 is 0 Å². The standard InChI is InChI=1S/C7H15NO2/c1-8-4-2-3-6(8)7(10)5-9/h6-7,9-10H,2-5H2,1H3/t6-,7?/m0/s1. The average molecular weight is 145 g/mol. The molecule has 3 heteroatoms. The highest BCUT2D eigenvalue weighted by atomic mass is 16.3. The van der Waals surface area contributed by atoms with Crippen molar-refractivity contribution in [2.24, 2.45) is 0 Å². The predicted molar refractivity (Wildman–Crippen MR) is 38.7 cm³/mol. The topological polar surface area (TPSA) is 43.7 Å². The van der Waals surface area contributed by atoms with Gasteiger partial charge in [-0.1, -0.05) is 0 Å². The van der Waals surface area contributed by atoms with Gasteiger partial charge >= 0.3 is 0 Å². The lowest BCUT2D eigenvalue weighted by Gasteiger charge is -2.23. The molecule has 1 unspecified atom stereocenters. The molecule has 0 aromatic carbocycles. The fourth-order valence-corrected chi connectivity index (χ4v) is 1.54. The Morgan fingerprint density at radius 1 is 1.70 bits per heavy atom. The fraction of sp³-hybridized carbons (Fsp3) is 1.00. The van der Waals surface area contributed by atoms with E-state index in [4.69, 9.17) is 5.11 Å². The monoisotopic (exact) mass is 145 g/mol. The van der Waals surface area contributed by atoms with E-state index in [0.717, 1.165) is 19.4 Å². The summed E-state index contributed by atoms with van der Waals surface area (Å²) in [4.78, 5) is 2.10. The molecule has 3 nitrogen and oxygen atoms in total. The van der Waals surface area contributed by atoms with Crippen molar-refractivity contribution in [3.05, 3.63) is 0 Å². The van der Waals surface area contributed by atoms with Gasteiger partial charge in [-0.25, -0.2) is 0 Å². The first-order chi connectivity index (χ1) is 4.75. The quantitative estimate of drug-likeness (QED) is 0.547. The first kappa shape index (κ1) is 7.98. The number of hydrogen-bond acceptors (Lipinski definition) is 3. The molecule has 0 aromatic rings. The molecule has 10 heavy (non-hydrogen) atoms. The number of aliphatic hydroxyl groups excluding tert-OH is 2. The predicted octanol–water partition coefficient (Wildman–Crippen LogP) is -0.566. The molecule has 0 radical (unpaired) electrons. The molecule has 1 aliphatic heterocycles. The van der Waals surface area contributed by atoms with Gasteiger partial charge in [-0.2, -0.15) is 0 Å². The van der Waals surface area contributed by atoms with E-state index in [2.05, 4.69) is 4.90 Å². The highest BCUT2D eigenvalue weighted by Gasteiger charge is 2.26. The van der Waals surface area contributed by atoms with Crippen molar-refractivity contribution in [1.29, 1.82) is 0 Å². The van der Waals surface area contributed by atoms with Crippen molar-refractivity contribution in [3.8, 4) is 0 Å². The Kier molecular flexibility index (Phi) is 2.65. The van der Waals surface area contributed by atoms with Crippen LogP contribution in [0.3, 0.4) is 0 Å². The Hall–Kier alpha value is -0.120. The minimum Gasteiger partial charge on any atom is -0.394 e. The smallest absolute Gasteiger partial charge is 0.0925 e. The Labute approximate surface area is 61.3 Å². The largest absolute Gasteiger partial charge is 0.394 e. The highest BCUT2D eigenvalue weighted by Crippen LogP contribution is 2.17. The maximum atomic E-state index is 9.24. The van der Waals surface area contributed by atoms with Gasteiger partial charge in [0, 0.05) is 6.04 Å². The van der Waals surface area contributed by atoms with Crippen molar-refractivity contribution < 1.29 is 10.2 Å². The van der Waals surface area contributed by atoms with Gasteiger partial charge in [0.05, 0.1) is 12.7 Å². The van der Waals surface area contributed by atoms with Crippen LogP contribution in [0.5, 0.6) is 0 Å². The normalized spacial score (nSPS) is 30.9. The van der Waals surface area contributed by atoms with Gasteiger partial charge in [0.25, 0.3) is 0 Å². The molecule has 1 aliphatic rings. The van der Waals surface area contributed by atoms with E-state index in [1.165, 1.54) is 0 Å². The van der Waals surface area contributed by atoms with E-state index in [-0.39, 0.29) is 12.6 Å². The van der Waals surface area contributed by atoms with E-state index in [1.807, 2.05) is 7.05 Å². The number of likely N-dealkylation sites (tertiary alicyclic amines) is 1. The van der Waals surface area contributed by atoms with Crippen molar-refractivity contribution >= 4 is 0 Å². The first-order valence-corrected chi connectivity index (χ1v) is 3.75. The Morgan fingerprint density at radius 3 is 2.80 bits per heavy atom. The number of likely N-dealkylation sites (N-methyl/N-ethyl adjacent to an activating group) is 1. The number of rotatable bonds is 2. The summed E-state index contributed by atoms with van der Waals surface area (Å²) in [5.41, 5.74) is 0. The van der Waals surface area contributed by atoms with E-state index in [0.29, 0.717) is 0 Å². The van der Waals surface area contributed by atoms with Crippen LogP contribution in [0.1, 0.15) is 12.8 Å². The fourth-order valence-electron chi connectivity index (χ4n) is 1.54. The second-order valence-corrected chi connectivity index (χ2v) is 2.94. The zero-order valence-corrected chi connectivity index (χ0v) is 6.32. The van der Waals surface area contributed by atoms with E-state index in [9.17, 15) is 5.11 Å². The van der Waals surface area contributed by atoms with Crippen molar-refractivity contribution in [2.45, 2.75) is 25.0 Å². The van der Waals surface area contributed by atoms with Gasteiger partial charge in [0.1, 0.15) is 0 Å². The molecule has 0 amide bonds. The van der Waals surface area contributed by atoms with Gasteiger partial charge in [-0.15, -0.1) is 0 Å². The molecule has 1 rings (SSSR count). The lowest BCUT2D eigenvalue weighted by molar-refractivity contribution is 0.0356. The molecule has 0 aliphatic carbocycles. The first-order valence-electron chi connectivity index (χ1n) is 3.75. The van der Waals surface area contributed by atoms with Crippen LogP contribution in [0.2, 0.25) is 0 Å². The van der Waals surface area contributed by atoms with Crippen LogP contribution in [-0.4, -0.2) is 47.5 Å². The van der Waals surface area contributed by atoms with Crippen LogP contribution < -0.4 is 0 Å². The van der Waals surface area contributed by atoms with Crippen LogP contribution in [0.4, 0.5) is 0 Å². The van der Waals surface area contributed by atoms with Gasteiger partial charge in [-0.3, -0.25) is 0 Å². The zero-order valence-electron chi connectivity index (χ0n) is 6.32. The van der Waals surface area contributed by atoms with Crippen LogP contribution in [0.15, 0.2) is 0 Å². The third-order valence-corrected chi connectivity index (χ3v) is 2.21. The minimum atomic E-state index is -0.549. The second-order valence-electron chi connectivity index (χ2n) is 2.94. The lowest BCUT2D eigenvalue weighted by Crippen LogP contribution is -2.38. The number of hydrogen-bond donors (Lipinski definition) is 2. The number of aliphatic hydroxyl groups is 2. The Balaban J connectivity index is 2.38. The minimum absolute atomic E-state index is 0.116. The SMILES string of the molecule is CN1CCC[C@H]1C(O)CO. The zero-order chi connectivity index (χ0) is 7.56. The summed E-state index contributed by atoms with van der Waals surface area (Å²) in [5.74, 6) is 0. The molecule has 0 aromatic heterocycles. The molecule has 2 atom stereocenters. The molecule has 0 saturated carbocycles. The molecular formula is C7H15NO2. The third kappa shape index (κ3) is 1.48. The summed E-state index contributed by atoms with van der Waals surface area (Å²) in [5, 5.41) is 17.9. The molecule has 0 bridgehead atoms. The van der Waals surface area contributed by atoms with E-state index in [1.54, 1.807) is 0 Å². The van der Waals surface area contributed by atoms with Gasteiger partial charge < -0.3 is 15.1 Å². The summed E-state index contributed by atoms with van der Waals surface area (Å²) in [6, 6.07) is 0.185. The van der Waals surface area contributed by atoms with Crippen molar-refractivity contribution in [2.75, 3.05) is 20.2 Å². The van der Waals surface area contributed by atoms with E-state index < -0.39 is 6.10 Å². The van der Waals surface area contributed by atoms with Gasteiger partial charge in [-0.05, 0) is 26.4 Å². The maximum absolute atomic E-state index is 9.24.